The summed E-state index contributed by atoms with van der Waals surface area (Å²) in [5.41, 5.74) is 1.01. The Morgan fingerprint density at radius 1 is 1.05 bits per heavy atom. The predicted molar refractivity (Wildman–Crippen MR) is 83.9 cm³/mol. The highest BCUT2D eigenvalue weighted by Gasteiger charge is 2.04. The molecule has 0 unspecified atom stereocenters. The van der Waals surface area contributed by atoms with Crippen molar-refractivity contribution >= 4 is 21.6 Å². The van der Waals surface area contributed by atoms with Crippen LogP contribution in [0.5, 0.6) is 5.75 Å². The molecular weight excluding hydrogens is 321 g/mol. The number of nitrogens with zero attached hydrogens (tertiary/aromatic N) is 1. The van der Waals surface area contributed by atoms with Crippen molar-refractivity contribution in [3.63, 3.8) is 0 Å². The third-order valence-corrected chi connectivity index (χ3v) is 3.55. The molecule has 2 rings (SSSR count). The number of ether oxygens (including phenoxy) is 1. The summed E-state index contributed by atoms with van der Waals surface area (Å²) in [7, 11) is 0. The van der Waals surface area contributed by atoms with E-state index < -0.39 is 0 Å². The number of hydrogen-bond acceptors (Lipinski definition) is 2. The summed E-state index contributed by atoms with van der Waals surface area (Å²) in [6.07, 6.45) is 0. The Bertz CT molecular complexity index is 527. The van der Waals surface area contributed by atoms with Gasteiger partial charge in [-0.15, -0.1) is 0 Å². The van der Waals surface area contributed by atoms with Crippen LogP contribution >= 0.6 is 15.9 Å². The molecule has 0 spiro atoms. The number of rotatable bonds is 6. The van der Waals surface area contributed by atoms with Gasteiger partial charge in [-0.2, -0.15) is 0 Å². The number of likely N-dealkylation sites (N-methyl/N-ethyl adjacent to an activating group) is 1. The summed E-state index contributed by atoms with van der Waals surface area (Å²) in [5.74, 6) is 0.638. The fraction of sp³-hybridized carbons (Fsp3) is 0.250. The van der Waals surface area contributed by atoms with Gasteiger partial charge in [0.1, 0.15) is 18.2 Å². The van der Waals surface area contributed by atoms with Crippen LogP contribution in [0.4, 0.5) is 10.1 Å². The summed E-state index contributed by atoms with van der Waals surface area (Å²) >= 11 is 3.39. The Balaban J connectivity index is 1.87. The van der Waals surface area contributed by atoms with Gasteiger partial charge in [-0.05, 0) is 55.5 Å². The maximum atomic E-state index is 12.9. The molecule has 2 aromatic rings. The van der Waals surface area contributed by atoms with Crippen molar-refractivity contribution in [2.24, 2.45) is 0 Å². The van der Waals surface area contributed by atoms with Gasteiger partial charge in [0.25, 0.3) is 0 Å². The second-order valence-corrected chi connectivity index (χ2v) is 5.27. The lowest BCUT2D eigenvalue weighted by Gasteiger charge is -2.23. The van der Waals surface area contributed by atoms with E-state index in [-0.39, 0.29) is 5.82 Å². The lowest BCUT2D eigenvalue weighted by Crippen LogP contribution is -2.28. The largest absolute Gasteiger partial charge is 0.492 e. The zero-order valence-electron chi connectivity index (χ0n) is 11.4. The minimum absolute atomic E-state index is 0.212. The maximum Gasteiger partial charge on any atom is 0.123 e. The third kappa shape index (κ3) is 4.23. The van der Waals surface area contributed by atoms with Gasteiger partial charge in [-0.25, -0.2) is 4.39 Å². The number of benzene rings is 2. The zero-order chi connectivity index (χ0) is 14.4. The minimum Gasteiger partial charge on any atom is -0.492 e. The quantitative estimate of drug-likeness (QED) is 0.769. The topological polar surface area (TPSA) is 12.5 Å². The molecule has 0 aliphatic heterocycles. The van der Waals surface area contributed by atoms with Crippen LogP contribution in [0.2, 0.25) is 0 Å². The van der Waals surface area contributed by atoms with Crippen LogP contribution in [-0.2, 0) is 0 Å². The molecule has 2 nitrogen and oxygen atoms in total. The number of halogens is 2. The highest BCUT2D eigenvalue weighted by molar-refractivity contribution is 9.10. The van der Waals surface area contributed by atoms with E-state index >= 15 is 0 Å². The highest BCUT2D eigenvalue weighted by Crippen LogP contribution is 2.17. The summed E-state index contributed by atoms with van der Waals surface area (Å²) in [5, 5.41) is 0. The first-order valence-electron chi connectivity index (χ1n) is 6.58. The Morgan fingerprint density at radius 2 is 1.70 bits per heavy atom. The first kappa shape index (κ1) is 14.9. The standard InChI is InChI=1S/C16H17BrFNO/c1-2-19(15-7-5-14(18)6-8-15)11-12-20-16-9-3-13(17)4-10-16/h3-10H,2,11-12H2,1H3. The van der Waals surface area contributed by atoms with E-state index in [1.54, 1.807) is 12.1 Å². The first-order chi connectivity index (χ1) is 9.69. The van der Waals surface area contributed by atoms with Crippen LogP contribution in [0.15, 0.2) is 53.0 Å². The third-order valence-electron chi connectivity index (χ3n) is 3.02. The van der Waals surface area contributed by atoms with Gasteiger partial charge in [0, 0.05) is 16.7 Å². The van der Waals surface area contributed by atoms with Gasteiger partial charge in [-0.3, -0.25) is 0 Å². The van der Waals surface area contributed by atoms with Gasteiger partial charge < -0.3 is 9.64 Å². The monoisotopic (exact) mass is 337 g/mol. The molecule has 0 atom stereocenters. The van der Waals surface area contributed by atoms with Crippen LogP contribution in [0.1, 0.15) is 6.92 Å². The van der Waals surface area contributed by atoms with Crippen molar-refractivity contribution in [3.05, 3.63) is 58.8 Å². The normalized spacial score (nSPS) is 10.3. The van der Waals surface area contributed by atoms with Crippen molar-refractivity contribution in [2.45, 2.75) is 6.92 Å². The molecule has 106 valence electrons. The Labute approximate surface area is 127 Å². The van der Waals surface area contributed by atoms with Gasteiger partial charge in [0.2, 0.25) is 0 Å². The molecule has 0 fully saturated rings. The molecule has 4 heteroatoms. The van der Waals surface area contributed by atoms with E-state index in [1.165, 1.54) is 12.1 Å². The van der Waals surface area contributed by atoms with Gasteiger partial charge in [-0.1, -0.05) is 15.9 Å². The summed E-state index contributed by atoms with van der Waals surface area (Å²) < 4.78 is 19.6. The average Bonchev–Trinajstić information content (AvgIpc) is 2.47. The molecule has 0 aliphatic rings. The van der Waals surface area contributed by atoms with E-state index in [9.17, 15) is 4.39 Å². The SMILES string of the molecule is CCN(CCOc1ccc(Br)cc1)c1ccc(F)cc1. The number of hydrogen-bond donors (Lipinski definition) is 0. The summed E-state index contributed by atoms with van der Waals surface area (Å²) in [4.78, 5) is 2.15. The lowest BCUT2D eigenvalue weighted by atomic mass is 10.3. The molecule has 2 aromatic carbocycles. The predicted octanol–water partition coefficient (Wildman–Crippen LogP) is 4.49. The van der Waals surface area contributed by atoms with E-state index in [0.717, 1.165) is 29.0 Å². The maximum absolute atomic E-state index is 12.9. The fourth-order valence-electron chi connectivity index (χ4n) is 1.93. The second-order valence-electron chi connectivity index (χ2n) is 4.36. The second kappa shape index (κ2) is 7.29. The molecule has 0 aromatic heterocycles. The van der Waals surface area contributed by atoms with Crippen LogP contribution in [-0.4, -0.2) is 19.7 Å². The van der Waals surface area contributed by atoms with E-state index in [2.05, 4.69) is 27.8 Å². The molecule has 0 N–H and O–H groups in total. The van der Waals surface area contributed by atoms with Crippen molar-refractivity contribution in [3.8, 4) is 5.75 Å². The van der Waals surface area contributed by atoms with Crippen LogP contribution in [0, 0.1) is 5.82 Å². The van der Waals surface area contributed by atoms with E-state index in [1.807, 2.05) is 24.3 Å². The minimum atomic E-state index is -0.212. The molecule has 0 saturated carbocycles. The fourth-order valence-corrected chi connectivity index (χ4v) is 2.19. The molecule has 0 heterocycles. The van der Waals surface area contributed by atoms with Crippen LogP contribution in [0.25, 0.3) is 0 Å². The number of anilines is 1. The van der Waals surface area contributed by atoms with Crippen molar-refractivity contribution in [2.75, 3.05) is 24.6 Å². The molecule has 20 heavy (non-hydrogen) atoms. The van der Waals surface area contributed by atoms with Gasteiger partial charge in [0.05, 0.1) is 6.54 Å². The first-order valence-corrected chi connectivity index (χ1v) is 7.37. The van der Waals surface area contributed by atoms with Crippen molar-refractivity contribution in [1.82, 2.24) is 0 Å². The Morgan fingerprint density at radius 3 is 2.30 bits per heavy atom. The molecule has 0 amide bonds. The van der Waals surface area contributed by atoms with Crippen molar-refractivity contribution < 1.29 is 9.13 Å². The summed E-state index contributed by atoms with van der Waals surface area (Å²) in [6.45, 7) is 4.28. The molecule has 0 aliphatic carbocycles. The molecule has 0 radical (unpaired) electrons. The van der Waals surface area contributed by atoms with E-state index in [4.69, 9.17) is 4.74 Å². The smallest absolute Gasteiger partial charge is 0.123 e. The van der Waals surface area contributed by atoms with E-state index in [0.29, 0.717) is 6.61 Å². The molecule has 0 saturated heterocycles. The lowest BCUT2D eigenvalue weighted by molar-refractivity contribution is 0.324. The highest BCUT2D eigenvalue weighted by atomic mass is 79.9. The molecule has 0 bridgehead atoms. The van der Waals surface area contributed by atoms with Crippen LogP contribution in [0.3, 0.4) is 0 Å². The zero-order valence-corrected chi connectivity index (χ0v) is 12.9. The van der Waals surface area contributed by atoms with Crippen LogP contribution < -0.4 is 9.64 Å². The Hall–Kier alpha value is -1.55. The van der Waals surface area contributed by atoms with Gasteiger partial charge >= 0.3 is 0 Å². The van der Waals surface area contributed by atoms with Crippen molar-refractivity contribution in [1.29, 1.82) is 0 Å². The van der Waals surface area contributed by atoms with Gasteiger partial charge in [0.15, 0.2) is 0 Å². The average molecular weight is 338 g/mol. The summed E-state index contributed by atoms with van der Waals surface area (Å²) in [6, 6.07) is 14.3. The molecular formula is C16H17BrFNO. The Kier molecular flexibility index (Phi) is 5.41.